The predicted molar refractivity (Wildman–Crippen MR) is 85.6 cm³/mol. The van der Waals surface area contributed by atoms with E-state index >= 15 is 0 Å². The summed E-state index contributed by atoms with van der Waals surface area (Å²) in [5.41, 5.74) is 2.40. The summed E-state index contributed by atoms with van der Waals surface area (Å²) < 4.78 is 6.65. The van der Waals surface area contributed by atoms with Gasteiger partial charge in [0.2, 0.25) is 0 Å². The fraction of sp³-hybridized carbons (Fsp3) is 0.222. The second-order valence-corrected chi connectivity index (χ2v) is 4.94. The van der Waals surface area contributed by atoms with Crippen molar-refractivity contribution in [3.05, 3.63) is 65.5 Å². The number of carbonyl (C=O) groups is 2. The van der Waals surface area contributed by atoms with Gasteiger partial charge in [-0.1, -0.05) is 30.3 Å². The van der Waals surface area contributed by atoms with Gasteiger partial charge in [-0.05, 0) is 24.6 Å². The van der Waals surface area contributed by atoms with E-state index in [1.165, 1.54) is 6.08 Å². The Labute approximate surface area is 130 Å². The number of benzene rings is 1. The van der Waals surface area contributed by atoms with E-state index in [0.29, 0.717) is 18.6 Å². The Morgan fingerprint density at radius 3 is 2.64 bits per heavy atom. The lowest BCUT2D eigenvalue weighted by Crippen LogP contribution is -2.02. The molecule has 0 spiro atoms. The molecule has 114 valence electrons. The molecule has 0 saturated carbocycles. The first-order valence-corrected chi connectivity index (χ1v) is 7.18. The summed E-state index contributed by atoms with van der Waals surface area (Å²) >= 11 is 0. The van der Waals surface area contributed by atoms with Gasteiger partial charge in [-0.15, -0.1) is 0 Å². The quantitative estimate of drug-likeness (QED) is 0.468. The third-order valence-corrected chi connectivity index (χ3v) is 3.25. The molecular formula is C18H19NO3. The van der Waals surface area contributed by atoms with Crippen molar-refractivity contribution in [2.24, 2.45) is 7.05 Å². The van der Waals surface area contributed by atoms with E-state index in [1.807, 2.05) is 41.9 Å². The van der Waals surface area contributed by atoms with Crippen LogP contribution < -0.4 is 0 Å². The largest absolute Gasteiger partial charge is 0.463 e. The van der Waals surface area contributed by atoms with Crippen LogP contribution in [0.1, 0.15) is 28.5 Å². The molecule has 0 radical (unpaired) electrons. The summed E-state index contributed by atoms with van der Waals surface area (Å²) in [6.45, 7) is 2.10. The highest BCUT2D eigenvalue weighted by molar-refractivity contribution is 5.98. The van der Waals surface area contributed by atoms with Gasteiger partial charge in [0, 0.05) is 37.0 Å². The van der Waals surface area contributed by atoms with E-state index in [-0.39, 0.29) is 11.8 Å². The lowest BCUT2D eigenvalue weighted by atomic mass is 10.1. The minimum absolute atomic E-state index is 0.0533. The third kappa shape index (κ3) is 4.19. The zero-order chi connectivity index (χ0) is 15.9. The van der Waals surface area contributed by atoms with Crippen molar-refractivity contribution < 1.29 is 14.3 Å². The highest BCUT2D eigenvalue weighted by Crippen LogP contribution is 2.13. The SMILES string of the molecule is CCOC(=O)/C=C/c1cc(C(=O)Cc2ccccc2)cn1C. The van der Waals surface area contributed by atoms with Crippen LogP contribution in [0.25, 0.3) is 6.08 Å². The molecule has 0 aliphatic heterocycles. The molecule has 1 aromatic heterocycles. The number of ketones is 1. The summed E-state index contributed by atoms with van der Waals surface area (Å²) in [6, 6.07) is 11.4. The van der Waals surface area contributed by atoms with Gasteiger partial charge in [-0.3, -0.25) is 4.79 Å². The summed E-state index contributed by atoms with van der Waals surface area (Å²) in [6.07, 6.45) is 5.16. The number of aromatic nitrogens is 1. The minimum Gasteiger partial charge on any atom is -0.463 e. The number of rotatable bonds is 6. The van der Waals surface area contributed by atoms with Crippen LogP contribution in [-0.4, -0.2) is 22.9 Å². The average molecular weight is 297 g/mol. The molecule has 4 heteroatoms. The number of esters is 1. The molecular weight excluding hydrogens is 278 g/mol. The molecule has 1 heterocycles. The Balaban J connectivity index is 2.09. The molecule has 1 aromatic carbocycles. The van der Waals surface area contributed by atoms with Crippen molar-refractivity contribution in [2.75, 3.05) is 6.61 Å². The molecule has 2 aromatic rings. The zero-order valence-corrected chi connectivity index (χ0v) is 12.8. The zero-order valence-electron chi connectivity index (χ0n) is 12.8. The van der Waals surface area contributed by atoms with E-state index < -0.39 is 0 Å². The molecule has 2 rings (SSSR count). The third-order valence-electron chi connectivity index (χ3n) is 3.25. The molecule has 0 unspecified atom stereocenters. The molecule has 22 heavy (non-hydrogen) atoms. The molecule has 0 aliphatic rings. The van der Waals surface area contributed by atoms with Crippen LogP contribution >= 0.6 is 0 Å². The number of hydrogen-bond donors (Lipinski definition) is 0. The Kier molecular flexibility index (Phi) is 5.31. The van der Waals surface area contributed by atoms with Gasteiger partial charge < -0.3 is 9.30 Å². The Morgan fingerprint density at radius 2 is 1.95 bits per heavy atom. The van der Waals surface area contributed by atoms with Crippen LogP contribution in [0.4, 0.5) is 0 Å². The van der Waals surface area contributed by atoms with Gasteiger partial charge in [0.05, 0.1) is 6.61 Å². The lowest BCUT2D eigenvalue weighted by molar-refractivity contribution is -0.137. The standard InChI is InChI=1S/C18H19NO3/c1-3-22-18(21)10-9-16-12-15(13-19(16)2)17(20)11-14-7-5-4-6-8-14/h4-10,12-13H,3,11H2,1-2H3/b10-9+. The van der Waals surface area contributed by atoms with Gasteiger partial charge in [-0.2, -0.15) is 0 Å². The number of ether oxygens (including phenoxy) is 1. The summed E-state index contributed by atoms with van der Waals surface area (Å²) in [4.78, 5) is 23.6. The number of Topliss-reactive ketones (excluding diaryl/α,β-unsaturated/α-hetero) is 1. The maximum atomic E-state index is 12.3. The van der Waals surface area contributed by atoms with E-state index in [1.54, 1.807) is 25.3 Å². The Morgan fingerprint density at radius 1 is 1.23 bits per heavy atom. The second kappa shape index (κ2) is 7.41. The van der Waals surface area contributed by atoms with Crippen molar-refractivity contribution in [2.45, 2.75) is 13.3 Å². The van der Waals surface area contributed by atoms with E-state index in [9.17, 15) is 9.59 Å². The summed E-state index contributed by atoms with van der Waals surface area (Å²) in [5, 5.41) is 0. The first kappa shape index (κ1) is 15.8. The van der Waals surface area contributed by atoms with Crippen molar-refractivity contribution >= 4 is 17.8 Å². The second-order valence-electron chi connectivity index (χ2n) is 4.94. The van der Waals surface area contributed by atoms with Crippen molar-refractivity contribution in [1.82, 2.24) is 4.57 Å². The fourth-order valence-corrected chi connectivity index (χ4v) is 2.13. The van der Waals surface area contributed by atoms with Crippen molar-refractivity contribution in [1.29, 1.82) is 0 Å². The maximum Gasteiger partial charge on any atom is 0.330 e. The van der Waals surface area contributed by atoms with E-state index in [4.69, 9.17) is 4.74 Å². The van der Waals surface area contributed by atoms with Gasteiger partial charge in [-0.25, -0.2) is 4.79 Å². The molecule has 4 nitrogen and oxygen atoms in total. The molecule has 0 amide bonds. The van der Waals surface area contributed by atoms with Crippen LogP contribution in [0.5, 0.6) is 0 Å². The van der Waals surface area contributed by atoms with Crippen LogP contribution in [-0.2, 0) is 23.0 Å². The van der Waals surface area contributed by atoms with Crippen LogP contribution in [0.2, 0.25) is 0 Å². The highest BCUT2D eigenvalue weighted by Gasteiger charge is 2.10. The first-order chi connectivity index (χ1) is 10.6. The molecule has 0 atom stereocenters. The fourth-order valence-electron chi connectivity index (χ4n) is 2.13. The van der Waals surface area contributed by atoms with Gasteiger partial charge in [0.15, 0.2) is 5.78 Å². The maximum absolute atomic E-state index is 12.3. The van der Waals surface area contributed by atoms with Gasteiger partial charge >= 0.3 is 5.97 Å². The molecule has 0 fully saturated rings. The Bertz CT molecular complexity index is 684. The summed E-state index contributed by atoms with van der Waals surface area (Å²) in [5.74, 6) is -0.335. The number of nitrogens with zero attached hydrogens (tertiary/aromatic N) is 1. The summed E-state index contributed by atoms with van der Waals surface area (Å²) in [7, 11) is 1.84. The monoisotopic (exact) mass is 297 g/mol. The van der Waals surface area contributed by atoms with Crippen LogP contribution in [0, 0.1) is 0 Å². The van der Waals surface area contributed by atoms with E-state index in [2.05, 4.69) is 0 Å². The van der Waals surface area contributed by atoms with Crippen LogP contribution in [0.3, 0.4) is 0 Å². The predicted octanol–water partition coefficient (Wildman–Crippen LogP) is 3.03. The van der Waals surface area contributed by atoms with E-state index in [0.717, 1.165) is 11.3 Å². The molecule has 0 N–H and O–H groups in total. The molecule has 0 saturated heterocycles. The first-order valence-electron chi connectivity index (χ1n) is 7.18. The number of carbonyl (C=O) groups excluding carboxylic acids is 2. The molecule has 0 bridgehead atoms. The number of hydrogen-bond acceptors (Lipinski definition) is 3. The number of aryl methyl sites for hydroxylation is 1. The van der Waals surface area contributed by atoms with Gasteiger partial charge in [0.25, 0.3) is 0 Å². The smallest absolute Gasteiger partial charge is 0.330 e. The lowest BCUT2D eigenvalue weighted by Gasteiger charge is -1.98. The Hall–Kier alpha value is -2.62. The molecule has 0 aliphatic carbocycles. The van der Waals surface area contributed by atoms with Crippen molar-refractivity contribution in [3.63, 3.8) is 0 Å². The van der Waals surface area contributed by atoms with Gasteiger partial charge in [0.1, 0.15) is 0 Å². The minimum atomic E-state index is -0.388. The highest BCUT2D eigenvalue weighted by atomic mass is 16.5. The van der Waals surface area contributed by atoms with Crippen molar-refractivity contribution in [3.8, 4) is 0 Å². The topological polar surface area (TPSA) is 48.3 Å². The average Bonchev–Trinajstić information content (AvgIpc) is 2.88. The van der Waals surface area contributed by atoms with Crippen LogP contribution in [0.15, 0.2) is 48.7 Å². The normalized spacial score (nSPS) is 10.8.